The summed E-state index contributed by atoms with van der Waals surface area (Å²) < 4.78 is 32.8. The highest BCUT2D eigenvalue weighted by Gasteiger charge is 2.28. The minimum absolute atomic E-state index is 0.102. The number of rotatable bonds is 48. The number of carbonyl (C=O) groups excluding carboxylic acids is 2. The number of carboxylic acids is 1. The van der Waals surface area contributed by atoms with Crippen LogP contribution < -0.4 is 5.73 Å². The van der Waals surface area contributed by atoms with Gasteiger partial charge in [0.1, 0.15) is 12.6 Å². The van der Waals surface area contributed by atoms with Crippen molar-refractivity contribution < 1.29 is 47.5 Å². The molecule has 0 spiro atoms. The molecule has 0 aliphatic carbocycles. The SMILES string of the molecule is C=CCCCCCCCCCCCCCCCC(=O)OC[C@@H](COP(=O)(O)OC[C@H](N)C(=O)O)OC(=O)CCC/C=C/CC/C=C/CCCCCCCCCCCCCCCC. The van der Waals surface area contributed by atoms with Gasteiger partial charge in [-0.05, 0) is 57.8 Å². The monoisotopic (exact) mass is 898 g/mol. The van der Waals surface area contributed by atoms with Crippen LogP contribution in [0.3, 0.4) is 0 Å². The number of carbonyl (C=O) groups is 3. The van der Waals surface area contributed by atoms with E-state index in [9.17, 15) is 23.8 Å². The molecule has 0 aliphatic rings. The van der Waals surface area contributed by atoms with Crippen LogP contribution in [0.15, 0.2) is 37.0 Å². The first-order valence-electron chi connectivity index (χ1n) is 25.0. The van der Waals surface area contributed by atoms with Crippen LogP contribution in [0.2, 0.25) is 0 Å². The standard InChI is InChI=1S/C50H92NO10P/c1-3-5-7-9-11-13-15-17-19-20-21-22-23-24-25-26-28-30-32-34-36-38-40-42-49(53)61-46(44-59-62(56,57)60-45-47(51)50(54)55)43-58-48(52)41-39-37-35-33-31-29-27-18-16-14-12-10-8-6-4-2/h4,26,28,34,36,46-47H,2-3,5-25,27,29-33,35,37-45,51H2,1H3,(H,54,55)(H,56,57)/b28-26+,36-34+/t46-,47-/m0/s1. The van der Waals surface area contributed by atoms with Crippen LogP contribution in [0.4, 0.5) is 0 Å². The summed E-state index contributed by atoms with van der Waals surface area (Å²) in [5.41, 5.74) is 5.34. The van der Waals surface area contributed by atoms with Gasteiger partial charge in [0.05, 0.1) is 13.2 Å². The van der Waals surface area contributed by atoms with E-state index in [-0.39, 0.29) is 19.4 Å². The van der Waals surface area contributed by atoms with Gasteiger partial charge < -0.3 is 25.2 Å². The fourth-order valence-corrected chi connectivity index (χ4v) is 7.84. The molecular formula is C50H92NO10P. The molecule has 12 heteroatoms. The number of carboxylic acid groups (broad SMARTS) is 1. The zero-order chi connectivity index (χ0) is 45.6. The molecule has 362 valence electrons. The highest BCUT2D eigenvalue weighted by atomic mass is 31.2. The normalized spacial score (nSPS) is 13.7. The maximum Gasteiger partial charge on any atom is 0.472 e. The smallest absolute Gasteiger partial charge is 0.472 e. The molecule has 0 rings (SSSR count). The van der Waals surface area contributed by atoms with Crippen LogP contribution in [0, 0.1) is 0 Å². The Hall–Kier alpha value is -2.30. The number of ether oxygens (including phenoxy) is 2. The lowest BCUT2D eigenvalue weighted by Gasteiger charge is -2.20. The van der Waals surface area contributed by atoms with Crippen molar-refractivity contribution >= 4 is 25.7 Å². The second-order valence-corrected chi connectivity index (χ2v) is 18.5. The Morgan fingerprint density at radius 1 is 0.532 bits per heavy atom. The van der Waals surface area contributed by atoms with Crippen molar-refractivity contribution in [3.63, 3.8) is 0 Å². The Kier molecular flexibility index (Phi) is 43.6. The van der Waals surface area contributed by atoms with Crippen molar-refractivity contribution in [3.8, 4) is 0 Å². The van der Waals surface area contributed by atoms with E-state index >= 15 is 0 Å². The summed E-state index contributed by atoms with van der Waals surface area (Å²) in [5.74, 6) is -2.43. The molecule has 0 bridgehead atoms. The average Bonchev–Trinajstić information content (AvgIpc) is 3.25. The van der Waals surface area contributed by atoms with Gasteiger partial charge in [-0.25, -0.2) is 4.57 Å². The van der Waals surface area contributed by atoms with Crippen LogP contribution >= 0.6 is 7.82 Å². The molecule has 0 radical (unpaired) electrons. The largest absolute Gasteiger partial charge is 0.480 e. The van der Waals surface area contributed by atoms with E-state index < -0.39 is 51.1 Å². The Balaban J connectivity index is 4.28. The van der Waals surface area contributed by atoms with Crippen molar-refractivity contribution in [1.82, 2.24) is 0 Å². The molecule has 0 saturated heterocycles. The van der Waals surface area contributed by atoms with E-state index in [0.29, 0.717) is 19.3 Å². The van der Waals surface area contributed by atoms with Gasteiger partial charge >= 0.3 is 25.7 Å². The minimum Gasteiger partial charge on any atom is -0.480 e. The fraction of sp³-hybridized carbons (Fsp3) is 0.820. The molecule has 3 atom stereocenters. The first-order valence-corrected chi connectivity index (χ1v) is 26.5. The first kappa shape index (κ1) is 59.7. The first-order chi connectivity index (χ1) is 30.1. The molecule has 62 heavy (non-hydrogen) atoms. The average molecular weight is 898 g/mol. The molecule has 11 nitrogen and oxygen atoms in total. The summed E-state index contributed by atoms with van der Waals surface area (Å²) >= 11 is 0. The van der Waals surface area contributed by atoms with Crippen molar-refractivity contribution in [2.75, 3.05) is 19.8 Å². The number of esters is 2. The molecule has 4 N–H and O–H groups in total. The van der Waals surface area contributed by atoms with Crippen LogP contribution in [0.5, 0.6) is 0 Å². The van der Waals surface area contributed by atoms with Crippen LogP contribution in [-0.4, -0.2) is 59.9 Å². The van der Waals surface area contributed by atoms with Crippen LogP contribution in [0.25, 0.3) is 0 Å². The summed E-state index contributed by atoms with van der Waals surface area (Å²) in [6.45, 7) is 4.32. The van der Waals surface area contributed by atoms with Gasteiger partial charge in [0.25, 0.3) is 0 Å². The lowest BCUT2D eigenvalue weighted by atomic mass is 10.0. The van der Waals surface area contributed by atoms with Crippen LogP contribution in [0.1, 0.15) is 232 Å². The lowest BCUT2D eigenvalue weighted by molar-refractivity contribution is -0.161. The third kappa shape index (κ3) is 44.3. The van der Waals surface area contributed by atoms with E-state index in [0.717, 1.165) is 44.9 Å². The Morgan fingerprint density at radius 2 is 0.919 bits per heavy atom. The number of phosphoric acid groups is 1. The Morgan fingerprint density at radius 3 is 1.39 bits per heavy atom. The van der Waals surface area contributed by atoms with Gasteiger partial charge in [0, 0.05) is 12.8 Å². The summed E-state index contributed by atoms with van der Waals surface area (Å²) in [7, 11) is -4.73. The summed E-state index contributed by atoms with van der Waals surface area (Å²) in [6.07, 6.45) is 49.8. The summed E-state index contributed by atoms with van der Waals surface area (Å²) in [6, 6.07) is -1.53. The highest BCUT2D eigenvalue weighted by molar-refractivity contribution is 7.47. The number of allylic oxidation sites excluding steroid dienone is 5. The zero-order valence-electron chi connectivity index (χ0n) is 39.3. The number of aliphatic carboxylic acids is 1. The molecule has 0 fully saturated rings. The third-order valence-corrected chi connectivity index (χ3v) is 11.9. The van der Waals surface area contributed by atoms with E-state index in [1.54, 1.807) is 0 Å². The van der Waals surface area contributed by atoms with E-state index in [1.807, 2.05) is 12.2 Å². The number of nitrogens with two attached hydrogens (primary N) is 1. The molecule has 0 aromatic carbocycles. The van der Waals surface area contributed by atoms with Gasteiger partial charge in [-0.3, -0.25) is 23.4 Å². The predicted octanol–water partition coefficient (Wildman–Crippen LogP) is 14.0. The number of unbranched alkanes of at least 4 members (excludes halogenated alkanes) is 29. The second kappa shape index (κ2) is 45.3. The maximum atomic E-state index is 12.7. The van der Waals surface area contributed by atoms with E-state index in [4.69, 9.17) is 24.8 Å². The molecule has 0 aliphatic heterocycles. The molecule has 0 saturated carbocycles. The van der Waals surface area contributed by atoms with E-state index in [1.165, 1.54) is 148 Å². The molecule has 0 heterocycles. The highest BCUT2D eigenvalue weighted by Crippen LogP contribution is 2.43. The molecule has 1 unspecified atom stereocenters. The molecular weight excluding hydrogens is 806 g/mol. The van der Waals surface area contributed by atoms with Crippen molar-refractivity contribution in [1.29, 1.82) is 0 Å². The van der Waals surface area contributed by atoms with Gasteiger partial charge in [-0.15, -0.1) is 6.58 Å². The zero-order valence-corrected chi connectivity index (χ0v) is 40.2. The summed E-state index contributed by atoms with van der Waals surface area (Å²) in [4.78, 5) is 46.1. The number of hydrogen-bond donors (Lipinski definition) is 3. The number of phosphoric ester groups is 1. The quantitative estimate of drug-likeness (QED) is 0.0230. The topological polar surface area (TPSA) is 172 Å². The van der Waals surface area contributed by atoms with E-state index in [2.05, 4.69) is 36.3 Å². The van der Waals surface area contributed by atoms with Gasteiger partial charge in [0.15, 0.2) is 6.10 Å². The molecule has 0 amide bonds. The van der Waals surface area contributed by atoms with Gasteiger partial charge in [-0.2, -0.15) is 0 Å². The van der Waals surface area contributed by atoms with Crippen molar-refractivity contribution in [3.05, 3.63) is 37.0 Å². The predicted molar refractivity (Wildman–Crippen MR) is 254 cm³/mol. The Bertz CT molecular complexity index is 1180. The van der Waals surface area contributed by atoms with Crippen LogP contribution in [-0.2, 0) is 37.5 Å². The van der Waals surface area contributed by atoms with Crippen molar-refractivity contribution in [2.24, 2.45) is 5.73 Å². The fourth-order valence-electron chi connectivity index (χ4n) is 7.07. The third-order valence-electron chi connectivity index (χ3n) is 11.0. The minimum atomic E-state index is -4.73. The molecule has 0 aromatic heterocycles. The Labute approximate surface area is 378 Å². The summed E-state index contributed by atoms with van der Waals surface area (Å²) in [5, 5.41) is 8.91. The molecule has 0 aromatic rings. The van der Waals surface area contributed by atoms with Gasteiger partial charge in [0.2, 0.25) is 0 Å². The maximum absolute atomic E-state index is 12.7. The number of hydrogen-bond acceptors (Lipinski definition) is 9. The van der Waals surface area contributed by atoms with Crippen molar-refractivity contribution in [2.45, 2.75) is 244 Å². The van der Waals surface area contributed by atoms with Gasteiger partial charge in [-0.1, -0.05) is 191 Å². The second-order valence-electron chi connectivity index (χ2n) is 17.0. The lowest BCUT2D eigenvalue weighted by Crippen LogP contribution is -2.34.